The number of anilines is 1. The molecule has 0 saturated carbocycles. The van der Waals surface area contributed by atoms with Crippen molar-refractivity contribution >= 4 is 17.8 Å². The quantitative estimate of drug-likeness (QED) is 0.553. The molecular formula is C14H16F3N3O2. The fourth-order valence-electron chi connectivity index (χ4n) is 1.61. The van der Waals surface area contributed by atoms with Crippen molar-refractivity contribution in [3.05, 3.63) is 35.4 Å². The molecule has 5 nitrogen and oxygen atoms in total. The molecule has 0 spiro atoms. The zero-order valence-electron chi connectivity index (χ0n) is 12.0. The highest BCUT2D eigenvalue weighted by Crippen LogP contribution is 2.31. The van der Waals surface area contributed by atoms with Gasteiger partial charge in [-0.3, -0.25) is 5.41 Å². The molecule has 0 saturated heterocycles. The van der Waals surface area contributed by atoms with Crippen molar-refractivity contribution in [1.82, 2.24) is 0 Å². The minimum absolute atomic E-state index is 0.146. The maximum atomic E-state index is 12.4. The van der Waals surface area contributed by atoms with Crippen LogP contribution in [0, 0.1) is 10.8 Å². The zero-order chi connectivity index (χ0) is 16.8. The van der Waals surface area contributed by atoms with Crippen molar-refractivity contribution in [2.24, 2.45) is 0 Å². The van der Waals surface area contributed by atoms with Crippen molar-refractivity contribution in [3.63, 3.8) is 0 Å². The zero-order valence-corrected chi connectivity index (χ0v) is 12.0. The number of hydrogen-bond acceptors (Lipinski definition) is 5. The van der Waals surface area contributed by atoms with Gasteiger partial charge in [-0.25, -0.2) is 0 Å². The van der Waals surface area contributed by atoms with E-state index in [9.17, 15) is 13.2 Å². The van der Waals surface area contributed by atoms with E-state index in [2.05, 4.69) is 10.1 Å². The van der Waals surface area contributed by atoms with Gasteiger partial charge in [0.05, 0.1) is 5.56 Å². The molecule has 0 aliphatic carbocycles. The van der Waals surface area contributed by atoms with Gasteiger partial charge in [0, 0.05) is 25.0 Å². The summed E-state index contributed by atoms with van der Waals surface area (Å²) >= 11 is 0. The first-order valence-electron chi connectivity index (χ1n) is 6.22. The minimum atomic E-state index is -4.81. The van der Waals surface area contributed by atoms with Gasteiger partial charge in [0.15, 0.2) is 0 Å². The molecule has 3 N–H and O–H groups in total. The van der Waals surface area contributed by atoms with Gasteiger partial charge in [-0.2, -0.15) is 0 Å². The fraction of sp³-hybridized carbons (Fsp3) is 0.286. The van der Waals surface area contributed by atoms with Crippen molar-refractivity contribution in [2.45, 2.75) is 19.9 Å². The first kappa shape index (κ1) is 17.5. The lowest BCUT2D eigenvalue weighted by Gasteiger charge is -2.16. The molecule has 1 aromatic carbocycles. The first-order valence-corrected chi connectivity index (χ1v) is 6.22. The van der Waals surface area contributed by atoms with Gasteiger partial charge in [0.1, 0.15) is 12.4 Å². The lowest BCUT2D eigenvalue weighted by molar-refractivity contribution is -0.275. The van der Waals surface area contributed by atoms with Crippen LogP contribution in [0.25, 0.3) is 0 Å². The third-order valence-electron chi connectivity index (χ3n) is 2.59. The number of hydrogen-bond donors (Lipinski definition) is 3. The molecule has 0 aliphatic rings. The molecule has 0 aromatic heterocycles. The molecule has 0 amide bonds. The van der Waals surface area contributed by atoms with Crippen molar-refractivity contribution in [2.75, 3.05) is 12.4 Å². The molecule has 0 heterocycles. The molecule has 120 valence electrons. The standard InChI is InChI=1S/C14H16F3N3O2/c1-9(7-18)6-13(19)21-8-10-11(20-2)4-3-5-12(10)22-14(15,16)17/h3-7,18-20H,8H2,1-2H3/b9-6-,18-7?,19-13?. The van der Waals surface area contributed by atoms with Crippen LogP contribution in [0.3, 0.4) is 0 Å². The van der Waals surface area contributed by atoms with Crippen molar-refractivity contribution in [1.29, 1.82) is 10.8 Å². The molecule has 1 aromatic rings. The van der Waals surface area contributed by atoms with Crippen LogP contribution in [0.4, 0.5) is 18.9 Å². The van der Waals surface area contributed by atoms with Gasteiger partial charge < -0.3 is 20.2 Å². The number of alkyl halides is 3. The van der Waals surface area contributed by atoms with Crippen LogP contribution in [0.1, 0.15) is 12.5 Å². The Morgan fingerprint density at radius 3 is 2.59 bits per heavy atom. The van der Waals surface area contributed by atoms with Gasteiger partial charge in [-0.1, -0.05) is 6.07 Å². The highest BCUT2D eigenvalue weighted by molar-refractivity contribution is 5.91. The Hall–Kier alpha value is -2.51. The van der Waals surface area contributed by atoms with E-state index >= 15 is 0 Å². The van der Waals surface area contributed by atoms with E-state index < -0.39 is 6.36 Å². The summed E-state index contributed by atoms with van der Waals surface area (Å²) in [4.78, 5) is 0. The highest BCUT2D eigenvalue weighted by Gasteiger charge is 2.32. The Kier molecular flexibility index (Phi) is 5.97. The number of benzene rings is 1. The molecule has 1 rings (SSSR count). The number of rotatable bonds is 6. The summed E-state index contributed by atoms with van der Waals surface area (Å²) in [6.45, 7) is 1.33. The Balaban J connectivity index is 2.96. The lowest BCUT2D eigenvalue weighted by atomic mass is 10.1. The van der Waals surface area contributed by atoms with Gasteiger partial charge in [-0.15, -0.1) is 13.2 Å². The normalized spacial score (nSPS) is 11.8. The molecule has 0 aliphatic heterocycles. The largest absolute Gasteiger partial charge is 0.573 e. The molecule has 0 unspecified atom stereocenters. The van der Waals surface area contributed by atoms with E-state index in [4.69, 9.17) is 15.6 Å². The summed E-state index contributed by atoms with van der Waals surface area (Å²) in [6, 6.07) is 4.17. The van der Waals surface area contributed by atoms with Crippen LogP contribution < -0.4 is 10.1 Å². The maximum Gasteiger partial charge on any atom is 0.573 e. The van der Waals surface area contributed by atoms with E-state index in [1.54, 1.807) is 20.0 Å². The van der Waals surface area contributed by atoms with Crippen LogP contribution >= 0.6 is 0 Å². The Labute approximate surface area is 125 Å². The lowest BCUT2D eigenvalue weighted by Crippen LogP contribution is -2.19. The van der Waals surface area contributed by atoms with Crippen LogP contribution in [0.15, 0.2) is 29.8 Å². The summed E-state index contributed by atoms with van der Waals surface area (Å²) in [7, 11) is 1.56. The second kappa shape index (κ2) is 7.48. The van der Waals surface area contributed by atoms with Crippen LogP contribution in [-0.2, 0) is 11.3 Å². The fourth-order valence-corrected chi connectivity index (χ4v) is 1.61. The third-order valence-corrected chi connectivity index (χ3v) is 2.59. The van der Waals surface area contributed by atoms with E-state index in [0.717, 1.165) is 6.21 Å². The summed E-state index contributed by atoms with van der Waals surface area (Å²) in [5, 5.41) is 17.3. The second-order valence-electron chi connectivity index (χ2n) is 4.27. The summed E-state index contributed by atoms with van der Waals surface area (Å²) in [6.07, 6.45) is -2.48. The Bertz CT molecular complexity index is 583. The van der Waals surface area contributed by atoms with E-state index in [0.29, 0.717) is 11.3 Å². The average molecular weight is 315 g/mol. The Morgan fingerprint density at radius 2 is 2.05 bits per heavy atom. The summed E-state index contributed by atoms with van der Waals surface area (Å²) < 4.78 is 46.3. The van der Waals surface area contributed by atoms with Crippen molar-refractivity contribution in [3.8, 4) is 5.75 Å². The maximum absolute atomic E-state index is 12.4. The smallest absolute Gasteiger partial charge is 0.473 e. The van der Waals surface area contributed by atoms with Crippen LogP contribution in [0.2, 0.25) is 0 Å². The SMILES string of the molecule is CNc1cccc(OC(F)(F)F)c1COC(=N)/C=C(/C)C=N. The van der Waals surface area contributed by atoms with Gasteiger partial charge in [0.2, 0.25) is 5.90 Å². The van der Waals surface area contributed by atoms with Crippen LogP contribution in [0.5, 0.6) is 5.75 Å². The van der Waals surface area contributed by atoms with E-state index in [-0.39, 0.29) is 23.8 Å². The third kappa shape index (κ3) is 5.47. The molecule has 0 atom stereocenters. The van der Waals surface area contributed by atoms with Gasteiger partial charge >= 0.3 is 6.36 Å². The Morgan fingerprint density at radius 1 is 1.36 bits per heavy atom. The predicted octanol–water partition coefficient (Wildman–Crippen LogP) is 3.72. The summed E-state index contributed by atoms with van der Waals surface area (Å²) in [5.41, 5.74) is 1.04. The topological polar surface area (TPSA) is 78.2 Å². The monoisotopic (exact) mass is 315 g/mol. The number of ether oxygens (including phenoxy) is 2. The van der Waals surface area contributed by atoms with Gasteiger partial charge in [0.25, 0.3) is 0 Å². The molecule has 0 bridgehead atoms. The molecule has 0 radical (unpaired) electrons. The first-order chi connectivity index (χ1) is 10.3. The highest BCUT2D eigenvalue weighted by atomic mass is 19.4. The second-order valence-corrected chi connectivity index (χ2v) is 4.27. The molecule has 22 heavy (non-hydrogen) atoms. The average Bonchev–Trinajstić information content (AvgIpc) is 2.43. The number of allylic oxidation sites excluding steroid dienone is 1. The van der Waals surface area contributed by atoms with Crippen LogP contribution in [-0.4, -0.2) is 25.5 Å². The van der Waals surface area contributed by atoms with Crippen molar-refractivity contribution < 1.29 is 22.6 Å². The van der Waals surface area contributed by atoms with E-state index in [1.807, 2.05) is 0 Å². The van der Waals surface area contributed by atoms with E-state index in [1.165, 1.54) is 18.2 Å². The predicted molar refractivity (Wildman–Crippen MR) is 77.7 cm³/mol. The van der Waals surface area contributed by atoms with Gasteiger partial charge in [-0.05, 0) is 24.6 Å². The number of nitrogens with one attached hydrogen (secondary N) is 3. The minimum Gasteiger partial charge on any atom is -0.473 e. The number of halogens is 3. The summed E-state index contributed by atoms with van der Waals surface area (Å²) in [5.74, 6) is -0.648. The molecular weight excluding hydrogens is 299 g/mol. The molecule has 0 fully saturated rings. The molecule has 8 heteroatoms.